The second-order valence-corrected chi connectivity index (χ2v) is 9.69. The van der Waals surface area contributed by atoms with Gasteiger partial charge >= 0.3 is 5.97 Å². The zero-order chi connectivity index (χ0) is 26.5. The lowest BCUT2D eigenvalue weighted by Gasteiger charge is -2.16. The largest absolute Gasteiger partial charge is 0.497 e. The van der Waals surface area contributed by atoms with Gasteiger partial charge in [-0.1, -0.05) is 12.1 Å². The second kappa shape index (κ2) is 11.5. The number of amides is 1. The molecule has 37 heavy (non-hydrogen) atoms. The van der Waals surface area contributed by atoms with E-state index in [1.807, 2.05) is 18.2 Å². The maximum Gasteiger partial charge on any atom is 0.335 e. The molecule has 0 saturated carbocycles. The van der Waals surface area contributed by atoms with Crippen molar-refractivity contribution in [2.75, 3.05) is 21.3 Å². The lowest BCUT2D eigenvalue weighted by atomic mass is 10.1. The monoisotopic (exact) mass is 582 g/mol. The molecule has 1 aliphatic rings. The van der Waals surface area contributed by atoms with Gasteiger partial charge in [0.1, 0.15) is 17.2 Å². The minimum Gasteiger partial charge on any atom is -0.497 e. The van der Waals surface area contributed by atoms with Gasteiger partial charge in [0.15, 0.2) is 5.17 Å². The van der Waals surface area contributed by atoms with Crippen LogP contribution in [0, 0.1) is 0 Å². The molecule has 10 heteroatoms. The molecule has 0 aliphatic carbocycles. The van der Waals surface area contributed by atoms with Gasteiger partial charge in [0.2, 0.25) is 0 Å². The van der Waals surface area contributed by atoms with E-state index in [-0.39, 0.29) is 18.0 Å². The summed E-state index contributed by atoms with van der Waals surface area (Å²) in [6, 6.07) is 17.2. The van der Waals surface area contributed by atoms with Crippen molar-refractivity contribution in [3.63, 3.8) is 0 Å². The summed E-state index contributed by atoms with van der Waals surface area (Å²) in [6.45, 7) is 0.224. The summed E-state index contributed by atoms with van der Waals surface area (Å²) in [7, 11) is 4.71. The van der Waals surface area contributed by atoms with Gasteiger partial charge < -0.3 is 19.3 Å². The number of thioether (sulfide) groups is 1. The number of nitrogens with zero attached hydrogens (tertiary/aromatic N) is 2. The lowest BCUT2D eigenvalue weighted by molar-refractivity contribution is -0.122. The molecule has 3 aromatic carbocycles. The second-order valence-electron chi connectivity index (χ2n) is 7.83. The summed E-state index contributed by atoms with van der Waals surface area (Å²) in [6.07, 6.45) is 1.76. The number of carboxylic acids is 1. The summed E-state index contributed by atoms with van der Waals surface area (Å²) >= 11 is 4.74. The van der Waals surface area contributed by atoms with E-state index >= 15 is 0 Å². The van der Waals surface area contributed by atoms with Crippen LogP contribution >= 0.6 is 27.7 Å². The molecule has 0 aromatic heterocycles. The molecular weight excluding hydrogens is 560 g/mol. The third-order valence-electron chi connectivity index (χ3n) is 5.52. The molecule has 190 valence electrons. The summed E-state index contributed by atoms with van der Waals surface area (Å²) < 4.78 is 16.8. The van der Waals surface area contributed by atoms with Gasteiger partial charge in [-0.05, 0) is 81.8 Å². The Morgan fingerprint density at radius 1 is 1.00 bits per heavy atom. The van der Waals surface area contributed by atoms with E-state index in [0.717, 1.165) is 10.0 Å². The van der Waals surface area contributed by atoms with Gasteiger partial charge in [-0.3, -0.25) is 9.69 Å². The van der Waals surface area contributed by atoms with E-state index in [1.165, 1.54) is 23.9 Å². The van der Waals surface area contributed by atoms with Crippen molar-refractivity contribution in [1.82, 2.24) is 4.90 Å². The molecule has 0 atom stereocenters. The smallest absolute Gasteiger partial charge is 0.335 e. The van der Waals surface area contributed by atoms with Gasteiger partial charge in [0.05, 0.1) is 48.5 Å². The zero-order valence-corrected chi connectivity index (χ0v) is 22.6. The lowest BCUT2D eigenvalue weighted by Crippen LogP contribution is -2.28. The Hall–Kier alpha value is -3.76. The van der Waals surface area contributed by atoms with E-state index in [2.05, 4.69) is 15.9 Å². The first-order chi connectivity index (χ1) is 17.8. The van der Waals surface area contributed by atoms with E-state index in [0.29, 0.717) is 38.6 Å². The number of benzene rings is 3. The topological polar surface area (TPSA) is 97.7 Å². The fourth-order valence-electron chi connectivity index (χ4n) is 3.57. The Balaban J connectivity index is 1.72. The Labute approximate surface area is 226 Å². The number of carbonyl (C=O) groups is 2. The van der Waals surface area contributed by atoms with Crippen LogP contribution in [0.2, 0.25) is 0 Å². The standard InChI is InChI=1S/C27H23BrN2O6S/c1-34-20-10-8-19(9-11-20)29-27-30(15-16-4-6-17(7-5-16)26(32)33)25(31)24(37-27)13-18-12-21(28)23(36-3)14-22(18)35-2/h4-14H,15H2,1-3H3,(H,32,33)/b24-13-,29-27?. The Morgan fingerprint density at radius 2 is 1.68 bits per heavy atom. The zero-order valence-electron chi connectivity index (χ0n) is 20.2. The highest BCUT2D eigenvalue weighted by atomic mass is 79.9. The van der Waals surface area contributed by atoms with Gasteiger partial charge in [-0.15, -0.1) is 0 Å². The van der Waals surface area contributed by atoms with Gasteiger partial charge in [-0.25, -0.2) is 9.79 Å². The number of rotatable bonds is 8. The highest BCUT2D eigenvalue weighted by Gasteiger charge is 2.34. The fraction of sp³-hybridized carbons (Fsp3) is 0.148. The molecule has 1 fully saturated rings. The predicted molar refractivity (Wildman–Crippen MR) is 147 cm³/mol. The number of hydrogen-bond acceptors (Lipinski definition) is 7. The SMILES string of the molecule is COc1ccc(N=C2S/C(=C\c3cc(Br)c(OC)cc3OC)C(=O)N2Cc2ccc(C(=O)O)cc2)cc1. The average Bonchev–Trinajstić information content (AvgIpc) is 3.18. The summed E-state index contributed by atoms with van der Waals surface area (Å²) in [5, 5.41) is 9.69. The maximum absolute atomic E-state index is 13.6. The van der Waals surface area contributed by atoms with Crippen molar-refractivity contribution in [3.05, 3.63) is 86.7 Å². The normalized spacial score (nSPS) is 15.4. The quantitative estimate of drug-likeness (QED) is 0.326. The summed E-state index contributed by atoms with van der Waals surface area (Å²) in [5.74, 6) is 0.627. The number of aromatic carboxylic acids is 1. The first kappa shape index (κ1) is 26.3. The van der Waals surface area contributed by atoms with Crippen molar-refractivity contribution in [2.45, 2.75) is 6.54 Å². The minimum atomic E-state index is -1.01. The van der Waals surface area contributed by atoms with Crippen LogP contribution in [0.1, 0.15) is 21.5 Å². The van der Waals surface area contributed by atoms with Crippen molar-refractivity contribution >= 4 is 56.5 Å². The van der Waals surface area contributed by atoms with Crippen LogP contribution in [-0.4, -0.2) is 48.4 Å². The van der Waals surface area contributed by atoms with Crippen molar-refractivity contribution in [2.24, 2.45) is 4.99 Å². The van der Waals surface area contributed by atoms with Crippen LogP contribution in [0.15, 0.2) is 75.0 Å². The summed E-state index contributed by atoms with van der Waals surface area (Å²) in [4.78, 5) is 31.5. The van der Waals surface area contributed by atoms with Crippen LogP contribution < -0.4 is 14.2 Å². The van der Waals surface area contributed by atoms with E-state index in [4.69, 9.17) is 19.2 Å². The molecule has 4 rings (SSSR count). The van der Waals surface area contributed by atoms with Crippen LogP contribution in [0.25, 0.3) is 6.08 Å². The molecule has 0 radical (unpaired) electrons. The van der Waals surface area contributed by atoms with Gasteiger partial charge in [0.25, 0.3) is 5.91 Å². The third-order valence-corrected chi connectivity index (χ3v) is 7.14. The number of ether oxygens (including phenoxy) is 3. The first-order valence-corrected chi connectivity index (χ1v) is 12.6. The molecule has 1 heterocycles. The van der Waals surface area contributed by atoms with Crippen molar-refractivity contribution in [3.8, 4) is 17.2 Å². The van der Waals surface area contributed by atoms with Crippen LogP contribution in [0.5, 0.6) is 17.2 Å². The molecule has 1 aliphatic heterocycles. The minimum absolute atomic E-state index is 0.177. The van der Waals surface area contributed by atoms with Crippen LogP contribution in [0.3, 0.4) is 0 Å². The number of hydrogen-bond donors (Lipinski definition) is 1. The Bertz CT molecular complexity index is 1390. The van der Waals surface area contributed by atoms with E-state index in [9.17, 15) is 14.7 Å². The molecule has 0 bridgehead atoms. The van der Waals surface area contributed by atoms with Crippen LogP contribution in [-0.2, 0) is 11.3 Å². The number of aliphatic imine (C=N–C) groups is 1. The predicted octanol–water partition coefficient (Wildman–Crippen LogP) is 5.98. The molecule has 1 amide bonds. The van der Waals surface area contributed by atoms with E-state index < -0.39 is 5.97 Å². The highest BCUT2D eigenvalue weighted by Crippen LogP contribution is 2.39. The molecule has 3 aromatic rings. The van der Waals surface area contributed by atoms with Crippen molar-refractivity contribution in [1.29, 1.82) is 0 Å². The number of methoxy groups -OCH3 is 3. The number of halogens is 1. The van der Waals surface area contributed by atoms with Crippen LogP contribution in [0.4, 0.5) is 5.69 Å². The molecule has 0 spiro atoms. The van der Waals surface area contributed by atoms with Crippen molar-refractivity contribution < 1.29 is 28.9 Å². The molecular formula is C27H23BrN2O6S. The maximum atomic E-state index is 13.6. The van der Waals surface area contributed by atoms with Gasteiger partial charge in [0, 0.05) is 11.6 Å². The average molecular weight is 583 g/mol. The number of carboxylic acid groups (broad SMARTS) is 1. The summed E-state index contributed by atoms with van der Waals surface area (Å²) in [5.41, 5.74) is 2.30. The number of carbonyl (C=O) groups excluding carboxylic acids is 1. The first-order valence-electron chi connectivity index (χ1n) is 11.0. The molecule has 8 nitrogen and oxygen atoms in total. The van der Waals surface area contributed by atoms with E-state index in [1.54, 1.807) is 62.6 Å². The third kappa shape index (κ3) is 5.98. The molecule has 1 saturated heterocycles. The molecule has 0 unspecified atom stereocenters. The number of amidine groups is 1. The fourth-order valence-corrected chi connectivity index (χ4v) is 5.08. The van der Waals surface area contributed by atoms with Gasteiger partial charge in [-0.2, -0.15) is 0 Å². The molecule has 1 N–H and O–H groups in total. The Kier molecular flexibility index (Phi) is 8.20. The Morgan fingerprint density at radius 3 is 2.27 bits per heavy atom. The highest BCUT2D eigenvalue weighted by molar-refractivity contribution is 9.10.